The summed E-state index contributed by atoms with van der Waals surface area (Å²) in [4.78, 5) is 0.137. The van der Waals surface area contributed by atoms with Gasteiger partial charge in [0.1, 0.15) is 17.6 Å². The first-order chi connectivity index (χ1) is 10.5. The number of nitriles is 1. The molecular weight excluding hydrogens is 304 g/mol. The van der Waals surface area contributed by atoms with Crippen LogP contribution in [0, 0.1) is 11.3 Å². The van der Waals surface area contributed by atoms with Gasteiger partial charge in [0.2, 0.25) is 0 Å². The first kappa shape index (κ1) is 15.7. The second kappa shape index (κ2) is 6.83. The Hall–Kier alpha value is -2.72. The molecule has 0 radical (unpaired) electrons. The fourth-order valence-electron chi connectivity index (χ4n) is 1.70. The summed E-state index contributed by atoms with van der Waals surface area (Å²) in [6, 6.07) is 14.2. The van der Waals surface area contributed by atoms with E-state index >= 15 is 0 Å². The van der Waals surface area contributed by atoms with E-state index in [-0.39, 0.29) is 11.5 Å². The summed E-state index contributed by atoms with van der Waals surface area (Å²) in [5, 5.41) is 8.42. The van der Waals surface area contributed by atoms with Gasteiger partial charge in [-0.1, -0.05) is 0 Å². The van der Waals surface area contributed by atoms with E-state index in [0.29, 0.717) is 17.2 Å². The van der Waals surface area contributed by atoms with Gasteiger partial charge in [0, 0.05) is 5.69 Å². The van der Waals surface area contributed by atoms with Crippen LogP contribution in [0.25, 0.3) is 0 Å². The second-order valence-corrected chi connectivity index (χ2v) is 5.93. The van der Waals surface area contributed by atoms with Crippen molar-refractivity contribution in [2.24, 2.45) is 0 Å². The Balaban J connectivity index is 2.12. The molecule has 0 amide bonds. The summed E-state index contributed by atoms with van der Waals surface area (Å²) in [5.41, 5.74) is 0.403. The first-order valence-electron chi connectivity index (χ1n) is 6.32. The molecule has 22 heavy (non-hydrogen) atoms. The van der Waals surface area contributed by atoms with Crippen molar-refractivity contribution in [2.75, 3.05) is 18.4 Å². The monoisotopic (exact) mass is 318 g/mol. The molecular formula is C15H14N2O4S. The lowest BCUT2D eigenvalue weighted by Gasteiger charge is -2.09. The summed E-state index contributed by atoms with van der Waals surface area (Å²) in [6.07, 6.45) is 0. The molecule has 1 N–H and O–H groups in total. The molecule has 0 aliphatic heterocycles. The first-order valence-corrected chi connectivity index (χ1v) is 7.80. The number of rotatable bonds is 6. The maximum absolute atomic E-state index is 12.2. The summed E-state index contributed by atoms with van der Waals surface area (Å²) < 4.78 is 37.0. The summed E-state index contributed by atoms with van der Waals surface area (Å²) in [7, 11) is -2.16. The minimum atomic E-state index is -3.67. The van der Waals surface area contributed by atoms with Crippen LogP contribution in [0.1, 0.15) is 0 Å². The van der Waals surface area contributed by atoms with Crippen LogP contribution in [-0.4, -0.2) is 22.1 Å². The Morgan fingerprint density at radius 3 is 2.18 bits per heavy atom. The lowest BCUT2D eigenvalue weighted by Crippen LogP contribution is -2.12. The van der Waals surface area contributed by atoms with Gasteiger partial charge in [0.05, 0.1) is 12.0 Å². The van der Waals surface area contributed by atoms with Crippen LogP contribution >= 0.6 is 0 Å². The zero-order valence-electron chi connectivity index (χ0n) is 11.8. The van der Waals surface area contributed by atoms with E-state index in [1.807, 2.05) is 6.07 Å². The number of sulfonamides is 1. The van der Waals surface area contributed by atoms with Crippen LogP contribution in [0.2, 0.25) is 0 Å². The Morgan fingerprint density at radius 1 is 1.05 bits per heavy atom. The Kier molecular flexibility index (Phi) is 4.86. The smallest absolute Gasteiger partial charge is 0.261 e. The molecule has 0 unspecified atom stereocenters. The van der Waals surface area contributed by atoms with Gasteiger partial charge in [-0.2, -0.15) is 5.26 Å². The number of hydrogen-bond acceptors (Lipinski definition) is 5. The predicted molar refractivity (Wildman–Crippen MR) is 81.4 cm³/mol. The van der Waals surface area contributed by atoms with E-state index in [1.165, 1.54) is 19.2 Å². The molecule has 0 saturated carbocycles. The van der Waals surface area contributed by atoms with Crippen molar-refractivity contribution in [3.8, 4) is 17.6 Å². The zero-order chi connectivity index (χ0) is 16.0. The average Bonchev–Trinajstić information content (AvgIpc) is 2.54. The number of nitrogens with zero attached hydrogens (tertiary/aromatic N) is 1. The van der Waals surface area contributed by atoms with E-state index in [1.54, 1.807) is 36.4 Å². The van der Waals surface area contributed by atoms with E-state index in [0.717, 1.165) is 0 Å². The largest absolute Gasteiger partial charge is 0.497 e. The fraction of sp³-hybridized carbons (Fsp3) is 0.133. The maximum atomic E-state index is 12.2. The van der Waals surface area contributed by atoms with E-state index in [2.05, 4.69) is 4.72 Å². The Bertz CT molecular complexity index is 763. The van der Waals surface area contributed by atoms with E-state index in [9.17, 15) is 8.42 Å². The van der Waals surface area contributed by atoms with Crippen molar-refractivity contribution in [1.82, 2.24) is 0 Å². The third-order valence-corrected chi connectivity index (χ3v) is 4.18. The van der Waals surface area contributed by atoms with Crippen molar-refractivity contribution in [3.63, 3.8) is 0 Å². The third-order valence-electron chi connectivity index (χ3n) is 2.78. The van der Waals surface area contributed by atoms with Crippen LogP contribution < -0.4 is 14.2 Å². The summed E-state index contributed by atoms with van der Waals surface area (Å²) >= 11 is 0. The highest BCUT2D eigenvalue weighted by atomic mass is 32.2. The molecule has 0 aliphatic carbocycles. The minimum Gasteiger partial charge on any atom is -0.497 e. The summed E-state index contributed by atoms with van der Waals surface area (Å²) in [5.74, 6) is 1.08. The van der Waals surface area contributed by atoms with Crippen molar-refractivity contribution in [3.05, 3.63) is 48.5 Å². The molecule has 0 spiro atoms. The quantitative estimate of drug-likeness (QED) is 0.883. The lowest BCUT2D eigenvalue weighted by molar-refractivity contribution is 0.368. The van der Waals surface area contributed by atoms with Crippen molar-refractivity contribution in [2.45, 2.75) is 4.90 Å². The molecule has 0 fully saturated rings. The van der Waals surface area contributed by atoms with Gasteiger partial charge >= 0.3 is 0 Å². The zero-order valence-corrected chi connectivity index (χ0v) is 12.6. The number of methoxy groups -OCH3 is 1. The molecule has 114 valence electrons. The number of ether oxygens (including phenoxy) is 2. The molecule has 0 bridgehead atoms. The highest BCUT2D eigenvalue weighted by molar-refractivity contribution is 7.92. The van der Waals surface area contributed by atoms with Gasteiger partial charge in [-0.3, -0.25) is 4.72 Å². The predicted octanol–water partition coefficient (Wildman–Crippen LogP) is 2.40. The van der Waals surface area contributed by atoms with Gasteiger partial charge in [-0.05, 0) is 48.5 Å². The van der Waals surface area contributed by atoms with Gasteiger partial charge < -0.3 is 9.47 Å². The van der Waals surface area contributed by atoms with Crippen molar-refractivity contribution >= 4 is 15.7 Å². The van der Waals surface area contributed by atoms with E-state index in [4.69, 9.17) is 14.7 Å². The maximum Gasteiger partial charge on any atom is 0.261 e. The molecule has 2 aromatic carbocycles. The van der Waals surface area contributed by atoms with Crippen LogP contribution in [0.5, 0.6) is 11.5 Å². The summed E-state index contributed by atoms with van der Waals surface area (Å²) in [6.45, 7) is -0.0586. The number of benzene rings is 2. The molecule has 2 aromatic rings. The molecule has 0 aliphatic rings. The van der Waals surface area contributed by atoms with Gasteiger partial charge in [0.15, 0.2) is 6.61 Å². The molecule has 2 rings (SSSR count). The Labute approximate surface area is 129 Å². The second-order valence-electron chi connectivity index (χ2n) is 4.25. The highest BCUT2D eigenvalue weighted by Gasteiger charge is 2.14. The average molecular weight is 318 g/mol. The molecule has 6 nitrogen and oxygen atoms in total. The van der Waals surface area contributed by atoms with E-state index < -0.39 is 10.0 Å². The molecule has 0 atom stereocenters. The highest BCUT2D eigenvalue weighted by Crippen LogP contribution is 2.21. The topological polar surface area (TPSA) is 88.4 Å². The van der Waals surface area contributed by atoms with Crippen LogP contribution in [0.3, 0.4) is 0 Å². The molecule has 7 heteroatoms. The normalized spacial score (nSPS) is 10.5. The SMILES string of the molecule is COc1ccc(S(=O)(=O)Nc2ccc(OCC#N)cc2)cc1. The van der Waals surface area contributed by atoms with Gasteiger partial charge in [0.25, 0.3) is 10.0 Å². The minimum absolute atomic E-state index is 0.0586. The number of anilines is 1. The lowest BCUT2D eigenvalue weighted by atomic mass is 10.3. The van der Waals surface area contributed by atoms with Crippen molar-refractivity contribution in [1.29, 1.82) is 5.26 Å². The van der Waals surface area contributed by atoms with Crippen LogP contribution in [0.15, 0.2) is 53.4 Å². The molecule has 0 saturated heterocycles. The van der Waals surface area contributed by atoms with Crippen molar-refractivity contribution < 1.29 is 17.9 Å². The Morgan fingerprint density at radius 2 is 1.64 bits per heavy atom. The third kappa shape index (κ3) is 3.90. The molecule has 0 aromatic heterocycles. The number of hydrogen-bond donors (Lipinski definition) is 1. The standard InChI is InChI=1S/C15H14N2O4S/c1-20-13-6-8-15(9-7-13)22(18,19)17-12-2-4-14(5-3-12)21-11-10-16/h2-9,17H,11H2,1H3. The fourth-order valence-corrected chi connectivity index (χ4v) is 2.76. The van der Waals surface area contributed by atoms with Gasteiger partial charge in [-0.25, -0.2) is 8.42 Å². The molecule has 0 heterocycles. The van der Waals surface area contributed by atoms with Gasteiger partial charge in [-0.15, -0.1) is 0 Å². The van der Waals surface area contributed by atoms with Crippen LogP contribution in [-0.2, 0) is 10.0 Å². The van der Waals surface area contributed by atoms with Crippen LogP contribution in [0.4, 0.5) is 5.69 Å². The number of nitrogens with one attached hydrogen (secondary N) is 1.